The standard InChI is InChI=1S/C17H18N4O2S/c1-10-18-9-15(24-10)20-16(22)11-6-7-14-13(8-11)19-17(23)21(14)12-4-2-3-5-12/h6-9,12H,2-5H2,1H3,(H,19,23)(H,20,22). The van der Waals surface area contributed by atoms with E-state index in [-0.39, 0.29) is 17.6 Å². The summed E-state index contributed by atoms with van der Waals surface area (Å²) in [6.45, 7) is 1.89. The maximum Gasteiger partial charge on any atom is 0.326 e. The number of carbonyl (C=O) groups is 1. The number of aromatic nitrogens is 3. The minimum absolute atomic E-state index is 0.0902. The molecule has 4 rings (SSSR count). The zero-order chi connectivity index (χ0) is 16.7. The van der Waals surface area contributed by atoms with Crippen LogP contribution in [0.2, 0.25) is 0 Å². The van der Waals surface area contributed by atoms with Crippen LogP contribution in [0.3, 0.4) is 0 Å². The van der Waals surface area contributed by atoms with Gasteiger partial charge in [0.25, 0.3) is 5.91 Å². The first-order valence-electron chi connectivity index (χ1n) is 8.10. The highest BCUT2D eigenvalue weighted by Crippen LogP contribution is 2.30. The van der Waals surface area contributed by atoms with Crippen LogP contribution in [0.5, 0.6) is 0 Å². The molecule has 1 aromatic carbocycles. The molecule has 0 unspecified atom stereocenters. The number of imidazole rings is 1. The maximum atomic E-state index is 12.4. The Morgan fingerprint density at radius 2 is 2.17 bits per heavy atom. The largest absolute Gasteiger partial charge is 0.326 e. The second-order valence-corrected chi connectivity index (χ2v) is 7.40. The summed E-state index contributed by atoms with van der Waals surface area (Å²) < 4.78 is 1.84. The summed E-state index contributed by atoms with van der Waals surface area (Å²) in [5.74, 6) is -0.199. The zero-order valence-electron chi connectivity index (χ0n) is 13.3. The minimum Gasteiger partial charge on any atom is -0.312 e. The van der Waals surface area contributed by atoms with Crippen molar-refractivity contribution in [2.75, 3.05) is 5.32 Å². The number of carbonyl (C=O) groups excluding carboxylic acids is 1. The van der Waals surface area contributed by atoms with Gasteiger partial charge in [0.2, 0.25) is 0 Å². The fourth-order valence-electron chi connectivity index (χ4n) is 3.40. The highest BCUT2D eigenvalue weighted by atomic mass is 32.1. The van der Waals surface area contributed by atoms with E-state index in [1.807, 2.05) is 17.6 Å². The Hall–Kier alpha value is -2.41. The number of nitrogens with one attached hydrogen (secondary N) is 2. The second-order valence-electron chi connectivity index (χ2n) is 6.17. The Morgan fingerprint density at radius 1 is 1.38 bits per heavy atom. The molecule has 1 fully saturated rings. The first-order valence-corrected chi connectivity index (χ1v) is 8.91. The van der Waals surface area contributed by atoms with Crippen molar-refractivity contribution in [2.24, 2.45) is 0 Å². The number of anilines is 1. The Balaban J connectivity index is 1.66. The molecule has 1 aliphatic rings. The molecule has 1 amide bonds. The third-order valence-corrected chi connectivity index (χ3v) is 5.35. The molecule has 0 saturated heterocycles. The van der Waals surface area contributed by atoms with Crippen LogP contribution in [0, 0.1) is 6.92 Å². The van der Waals surface area contributed by atoms with Crippen molar-refractivity contribution >= 4 is 33.3 Å². The van der Waals surface area contributed by atoms with Gasteiger partial charge in [-0.1, -0.05) is 12.8 Å². The summed E-state index contributed by atoms with van der Waals surface area (Å²) in [5, 5.41) is 4.46. The van der Waals surface area contributed by atoms with Gasteiger partial charge in [-0.3, -0.25) is 9.36 Å². The zero-order valence-corrected chi connectivity index (χ0v) is 14.2. The van der Waals surface area contributed by atoms with Crippen LogP contribution in [0.4, 0.5) is 5.00 Å². The van der Waals surface area contributed by atoms with Crippen molar-refractivity contribution in [1.29, 1.82) is 0 Å². The summed E-state index contributed by atoms with van der Waals surface area (Å²) in [4.78, 5) is 31.7. The predicted octanol–water partition coefficient (Wildman–Crippen LogP) is 3.46. The van der Waals surface area contributed by atoms with Gasteiger partial charge in [0.1, 0.15) is 5.00 Å². The normalized spacial score (nSPS) is 15.2. The Kier molecular flexibility index (Phi) is 3.72. The monoisotopic (exact) mass is 342 g/mol. The van der Waals surface area contributed by atoms with Crippen molar-refractivity contribution in [3.8, 4) is 0 Å². The van der Waals surface area contributed by atoms with Gasteiger partial charge in [0.15, 0.2) is 0 Å². The highest BCUT2D eigenvalue weighted by Gasteiger charge is 2.21. The SMILES string of the molecule is Cc1ncc(NC(=O)c2ccc3c(c2)[nH]c(=O)n3C2CCCC2)s1. The van der Waals surface area contributed by atoms with E-state index in [0.717, 1.165) is 28.4 Å². The van der Waals surface area contributed by atoms with Crippen LogP contribution in [-0.4, -0.2) is 20.4 Å². The van der Waals surface area contributed by atoms with Crippen molar-refractivity contribution in [3.05, 3.63) is 45.5 Å². The van der Waals surface area contributed by atoms with Gasteiger partial charge in [0, 0.05) is 11.6 Å². The number of fused-ring (bicyclic) bond motifs is 1. The highest BCUT2D eigenvalue weighted by molar-refractivity contribution is 7.15. The molecule has 1 aliphatic carbocycles. The lowest BCUT2D eigenvalue weighted by Gasteiger charge is -2.11. The number of nitrogens with zero attached hydrogens (tertiary/aromatic N) is 2. The average molecular weight is 342 g/mol. The first kappa shape index (κ1) is 15.1. The van der Waals surface area contributed by atoms with E-state index in [4.69, 9.17) is 0 Å². The maximum absolute atomic E-state index is 12.4. The Bertz CT molecular complexity index is 963. The Labute approximate surface area is 142 Å². The van der Waals surface area contributed by atoms with Gasteiger partial charge in [-0.25, -0.2) is 9.78 Å². The van der Waals surface area contributed by atoms with Crippen LogP contribution in [0.15, 0.2) is 29.2 Å². The lowest BCUT2D eigenvalue weighted by molar-refractivity contribution is 0.102. The van der Waals surface area contributed by atoms with E-state index >= 15 is 0 Å². The molecule has 0 atom stereocenters. The number of hydrogen-bond acceptors (Lipinski definition) is 4. The molecule has 7 heteroatoms. The molecule has 24 heavy (non-hydrogen) atoms. The third kappa shape index (κ3) is 2.65. The number of benzene rings is 1. The summed E-state index contributed by atoms with van der Waals surface area (Å²) >= 11 is 1.43. The van der Waals surface area contributed by atoms with E-state index in [1.165, 1.54) is 24.2 Å². The number of rotatable bonds is 3. The van der Waals surface area contributed by atoms with Crippen LogP contribution in [-0.2, 0) is 0 Å². The van der Waals surface area contributed by atoms with E-state index < -0.39 is 0 Å². The van der Waals surface area contributed by atoms with E-state index in [2.05, 4.69) is 15.3 Å². The van der Waals surface area contributed by atoms with Gasteiger partial charge < -0.3 is 10.3 Å². The molecular formula is C17H18N4O2S. The van der Waals surface area contributed by atoms with Crippen molar-refractivity contribution in [2.45, 2.75) is 38.6 Å². The van der Waals surface area contributed by atoms with Crippen molar-refractivity contribution in [1.82, 2.24) is 14.5 Å². The molecule has 2 heterocycles. The van der Waals surface area contributed by atoms with Crippen LogP contribution in [0.1, 0.15) is 47.1 Å². The molecule has 124 valence electrons. The molecule has 0 radical (unpaired) electrons. The molecule has 1 saturated carbocycles. The molecule has 2 aromatic heterocycles. The third-order valence-electron chi connectivity index (χ3n) is 4.53. The first-order chi connectivity index (χ1) is 11.6. The number of H-pyrrole nitrogens is 1. The van der Waals surface area contributed by atoms with Crippen molar-refractivity contribution < 1.29 is 4.79 Å². The fraction of sp³-hybridized carbons (Fsp3) is 0.353. The number of aryl methyl sites for hydroxylation is 1. The molecule has 6 nitrogen and oxygen atoms in total. The van der Waals surface area contributed by atoms with E-state index in [9.17, 15) is 9.59 Å². The summed E-state index contributed by atoms with van der Waals surface area (Å²) in [5.41, 5.74) is 2.01. The van der Waals surface area contributed by atoms with E-state index in [0.29, 0.717) is 11.1 Å². The molecular weight excluding hydrogens is 324 g/mol. The lowest BCUT2D eigenvalue weighted by atomic mass is 10.1. The fourth-order valence-corrected chi connectivity index (χ4v) is 4.07. The smallest absolute Gasteiger partial charge is 0.312 e. The van der Waals surface area contributed by atoms with Gasteiger partial charge in [-0.05, 0) is 38.0 Å². The molecule has 3 aromatic rings. The van der Waals surface area contributed by atoms with Crippen LogP contribution in [0.25, 0.3) is 11.0 Å². The minimum atomic E-state index is -0.199. The summed E-state index contributed by atoms with van der Waals surface area (Å²) in [6, 6.07) is 5.64. The average Bonchev–Trinajstić information content (AvgIpc) is 3.26. The predicted molar refractivity (Wildman–Crippen MR) is 94.9 cm³/mol. The number of thiazole rings is 1. The van der Waals surface area contributed by atoms with Crippen molar-refractivity contribution in [3.63, 3.8) is 0 Å². The van der Waals surface area contributed by atoms with Crippen LogP contribution >= 0.6 is 11.3 Å². The van der Waals surface area contributed by atoms with Gasteiger partial charge in [-0.2, -0.15) is 0 Å². The quantitative estimate of drug-likeness (QED) is 0.765. The number of amides is 1. The summed E-state index contributed by atoms with van der Waals surface area (Å²) in [7, 11) is 0. The molecule has 0 spiro atoms. The Morgan fingerprint density at radius 3 is 2.88 bits per heavy atom. The van der Waals surface area contributed by atoms with Gasteiger partial charge >= 0.3 is 5.69 Å². The number of hydrogen-bond donors (Lipinski definition) is 2. The van der Waals surface area contributed by atoms with Crippen LogP contribution < -0.4 is 11.0 Å². The van der Waals surface area contributed by atoms with Gasteiger partial charge in [0.05, 0.1) is 22.2 Å². The van der Waals surface area contributed by atoms with E-state index in [1.54, 1.807) is 18.3 Å². The van der Waals surface area contributed by atoms with Gasteiger partial charge in [-0.15, -0.1) is 11.3 Å². The topological polar surface area (TPSA) is 79.8 Å². The number of aromatic amines is 1. The summed E-state index contributed by atoms with van der Waals surface area (Å²) in [6.07, 6.45) is 6.06. The molecule has 0 aliphatic heterocycles. The lowest BCUT2D eigenvalue weighted by Crippen LogP contribution is -2.20. The molecule has 2 N–H and O–H groups in total. The second kappa shape index (κ2) is 5.90. The molecule has 0 bridgehead atoms.